The first-order valence-electron chi connectivity index (χ1n) is 8.19. The molecule has 0 bridgehead atoms. The van der Waals surface area contributed by atoms with Crippen molar-refractivity contribution < 1.29 is 9.53 Å². The van der Waals surface area contributed by atoms with Crippen molar-refractivity contribution in [3.63, 3.8) is 0 Å². The molecule has 128 valence electrons. The minimum absolute atomic E-state index is 0. The summed E-state index contributed by atoms with van der Waals surface area (Å²) in [4.78, 5) is 15.0. The standard InChI is InChI=1S/C18H26N2O2.ClH/c1-13-10-15(14-4-6-16(22-3)7-5-14)11-20(13)17(21)18(2)8-9-19-12-18;/h4-7,13,15,19H,8-12H2,1-3H3;1H. The molecule has 2 aliphatic rings. The van der Waals surface area contributed by atoms with E-state index < -0.39 is 0 Å². The number of benzene rings is 1. The first-order chi connectivity index (χ1) is 10.5. The molecule has 0 spiro atoms. The maximum absolute atomic E-state index is 12.9. The molecule has 3 rings (SSSR count). The van der Waals surface area contributed by atoms with Crippen molar-refractivity contribution in [1.29, 1.82) is 0 Å². The molecule has 1 aromatic carbocycles. The number of amides is 1. The van der Waals surface area contributed by atoms with Crippen LogP contribution in [0.4, 0.5) is 0 Å². The Hall–Kier alpha value is -1.26. The molecule has 2 fully saturated rings. The molecule has 0 aliphatic carbocycles. The van der Waals surface area contributed by atoms with Gasteiger partial charge in [0.1, 0.15) is 5.75 Å². The van der Waals surface area contributed by atoms with Crippen molar-refractivity contribution in [2.24, 2.45) is 5.41 Å². The van der Waals surface area contributed by atoms with E-state index >= 15 is 0 Å². The van der Waals surface area contributed by atoms with Crippen LogP contribution >= 0.6 is 12.4 Å². The third-order valence-corrected chi connectivity index (χ3v) is 5.31. The van der Waals surface area contributed by atoms with Crippen LogP contribution in [0.15, 0.2) is 24.3 Å². The molecule has 5 heteroatoms. The van der Waals surface area contributed by atoms with Crippen molar-refractivity contribution in [3.8, 4) is 5.75 Å². The van der Waals surface area contributed by atoms with Gasteiger partial charge in [0.2, 0.25) is 5.91 Å². The molecule has 0 saturated carbocycles. The van der Waals surface area contributed by atoms with Gasteiger partial charge >= 0.3 is 0 Å². The van der Waals surface area contributed by atoms with Gasteiger partial charge in [0.05, 0.1) is 12.5 Å². The van der Waals surface area contributed by atoms with Gasteiger partial charge in [-0.25, -0.2) is 0 Å². The van der Waals surface area contributed by atoms with E-state index in [0.29, 0.717) is 17.9 Å². The molecular weight excluding hydrogens is 312 g/mol. The molecule has 0 aromatic heterocycles. The predicted molar refractivity (Wildman–Crippen MR) is 94.4 cm³/mol. The second kappa shape index (κ2) is 7.10. The lowest BCUT2D eigenvalue weighted by Crippen LogP contribution is -2.45. The highest BCUT2D eigenvalue weighted by Crippen LogP contribution is 2.36. The number of methoxy groups -OCH3 is 1. The summed E-state index contributed by atoms with van der Waals surface area (Å²) in [6.45, 7) is 6.87. The maximum Gasteiger partial charge on any atom is 0.230 e. The molecule has 2 aliphatic heterocycles. The van der Waals surface area contributed by atoms with Crippen LogP contribution in [0.2, 0.25) is 0 Å². The smallest absolute Gasteiger partial charge is 0.230 e. The van der Waals surface area contributed by atoms with Gasteiger partial charge in [-0.05, 0) is 50.9 Å². The maximum atomic E-state index is 12.9. The van der Waals surface area contributed by atoms with Crippen molar-refractivity contribution in [3.05, 3.63) is 29.8 Å². The Balaban J connectivity index is 0.00000192. The van der Waals surface area contributed by atoms with Crippen LogP contribution in [0.1, 0.15) is 38.2 Å². The lowest BCUT2D eigenvalue weighted by Gasteiger charge is -2.31. The molecule has 4 nitrogen and oxygen atoms in total. The first-order valence-corrected chi connectivity index (χ1v) is 8.19. The van der Waals surface area contributed by atoms with E-state index in [1.807, 2.05) is 12.1 Å². The first kappa shape index (κ1) is 18.1. The molecule has 1 aromatic rings. The molecule has 2 heterocycles. The summed E-state index contributed by atoms with van der Waals surface area (Å²) in [7, 11) is 1.68. The SMILES string of the molecule is COc1ccc(C2CC(C)N(C(=O)C3(C)CCNC3)C2)cc1.Cl. The zero-order valence-corrected chi connectivity index (χ0v) is 15.0. The molecule has 23 heavy (non-hydrogen) atoms. The van der Waals surface area contributed by atoms with Crippen LogP contribution in [0, 0.1) is 5.41 Å². The van der Waals surface area contributed by atoms with Crippen molar-refractivity contribution >= 4 is 18.3 Å². The third-order valence-electron chi connectivity index (χ3n) is 5.31. The highest BCUT2D eigenvalue weighted by atomic mass is 35.5. The van der Waals surface area contributed by atoms with Gasteiger partial charge in [0, 0.05) is 25.0 Å². The number of hydrogen-bond acceptors (Lipinski definition) is 3. The van der Waals surface area contributed by atoms with E-state index in [1.54, 1.807) is 7.11 Å². The number of halogens is 1. The van der Waals surface area contributed by atoms with E-state index in [2.05, 4.69) is 36.2 Å². The summed E-state index contributed by atoms with van der Waals surface area (Å²) < 4.78 is 5.22. The van der Waals surface area contributed by atoms with Gasteiger partial charge in [0.25, 0.3) is 0 Å². The monoisotopic (exact) mass is 338 g/mol. The Morgan fingerprint density at radius 2 is 2.04 bits per heavy atom. The normalized spacial score (nSPS) is 30.1. The summed E-state index contributed by atoms with van der Waals surface area (Å²) >= 11 is 0. The van der Waals surface area contributed by atoms with Crippen LogP contribution in [0.5, 0.6) is 5.75 Å². The number of rotatable bonds is 3. The second-order valence-electron chi connectivity index (χ2n) is 7.00. The van der Waals surface area contributed by atoms with Gasteiger partial charge < -0.3 is 15.0 Å². The van der Waals surface area contributed by atoms with Gasteiger partial charge in [-0.3, -0.25) is 4.79 Å². The number of carbonyl (C=O) groups is 1. The fraction of sp³-hybridized carbons (Fsp3) is 0.611. The molecule has 3 atom stereocenters. The van der Waals surface area contributed by atoms with E-state index in [1.165, 1.54) is 5.56 Å². The highest BCUT2D eigenvalue weighted by Gasteiger charge is 2.43. The van der Waals surface area contributed by atoms with E-state index in [-0.39, 0.29) is 17.8 Å². The van der Waals surface area contributed by atoms with Crippen molar-refractivity contribution in [2.75, 3.05) is 26.7 Å². The lowest BCUT2D eigenvalue weighted by molar-refractivity contribution is -0.140. The molecule has 1 amide bonds. The molecule has 3 unspecified atom stereocenters. The third kappa shape index (κ3) is 3.48. The van der Waals surface area contributed by atoms with Crippen LogP contribution in [0.25, 0.3) is 0 Å². The summed E-state index contributed by atoms with van der Waals surface area (Å²) in [5, 5.41) is 3.33. The van der Waals surface area contributed by atoms with E-state index in [0.717, 1.165) is 38.2 Å². The summed E-state index contributed by atoms with van der Waals surface area (Å²) in [6.07, 6.45) is 1.99. The Labute approximate surface area is 145 Å². The fourth-order valence-corrected chi connectivity index (χ4v) is 3.78. The van der Waals surface area contributed by atoms with Crippen molar-refractivity contribution in [1.82, 2.24) is 10.2 Å². The quantitative estimate of drug-likeness (QED) is 0.921. The van der Waals surface area contributed by atoms with Crippen molar-refractivity contribution in [2.45, 2.75) is 38.6 Å². The zero-order valence-electron chi connectivity index (χ0n) is 14.2. The predicted octanol–water partition coefficient (Wildman–Crippen LogP) is 2.82. The van der Waals surface area contributed by atoms with Crippen LogP contribution in [-0.4, -0.2) is 43.6 Å². The Bertz CT molecular complexity index is 540. The summed E-state index contributed by atoms with van der Waals surface area (Å²) in [6, 6.07) is 8.59. The van der Waals surface area contributed by atoms with Gasteiger partial charge in [-0.15, -0.1) is 12.4 Å². The summed E-state index contributed by atoms with van der Waals surface area (Å²) in [5.74, 6) is 1.64. The van der Waals surface area contributed by atoms with Crippen LogP contribution in [-0.2, 0) is 4.79 Å². The Morgan fingerprint density at radius 1 is 1.35 bits per heavy atom. The zero-order chi connectivity index (χ0) is 15.7. The Kier molecular flexibility index (Phi) is 5.58. The van der Waals surface area contributed by atoms with Gasteiger partial charge in [-0.1, -0.05) is 12.1 Å². The highest BCUT2D eigenvalue weighted by molar-refractivity contribution is 5.85. The minimum atomic E-state index is -0.219. The largest absolute Gasteiger partial charge is 0.497 e. The number of carbonyl (C=O) groups excluding carboxylic acids is 1. The minimum Gasteiger partial charge on any atom is -0.497 e. The second-order valence-corrected chi connectivity index (χ2v) is 7.00. The number of nitrogens with one attached hydrogen (secondary N) is 1. The fourth-order valence-electron chi connectivity index (χ4n) is 3.78. The molecular formula is C18H27ClN2O2. The number of ether oxygens (including phenoxy) is 1. The van der Waals surface area contributed by atoms with Gasteiger partial charge in [0.15, 0.2) is 0 Å². The average molecular weight is 339 g/mol. The van der Waals surface area contributed by atoms with Crippen LogP contribution < -0.4 is 10.1 Å². The molecule has 1 N–H and O–H groups in total. The lowest BCUT2D eigenvalue weighted by atomic mass is 9.88. The van der Waals surface area contributed by atoms with E-state index in [9.17, 15) is 4.79 Å². The topological polar surface area (TPSA) is 41.6 Å². The molecule has 0 radical (unpaired) electrons. The number of nitrogens with zero attached hydrogens (tertiary/aromatic N) is 1. The van der Waals surface area contributed by atoms with Crippen LogP contribution in [0.3, 0.4) is 0 Å². The van der Waals surface area contributed by atoms with E-state index in [4.69, 9.17) is 4.74 Å². The summed E-state index contributed by atoms with van der Waals surface area (Å²) in [5.41, 5.74) is 1.08. The number of hydrogen-bond donors (Lipinski definition) is 1. The number of likely N-dealkylation sites (tertiary alicyclic amines) is 1. The Morgan fingerprint density at radius 3 is 2.61 bits per heavy atom. The van der Waals surface area contributed by atoms with Gasteiger partial charge in [-0.2, -0.15) is 0 Å². The molecule has 2 saturated heterocycles. The average Bonchev–Trinajstić information content (AvgIpc) is 3.14.